The SMILES string of the molecule is CC(=O)N1CCN(C(=O)c2ccc(-c3ccc(C(N)=O)c4n[c]nn34)cc2)CC1. The van der Waals surface area contributed by atoms with Crippen LogP contribution in [0.25, 0.3) is 16.9 Å². The van der Waals surface area contributed by atoms with Gasteiger partial charge in [-0.25, -0.2) is 9.50 Å². The summed E-state index contributed by atoms with van der Waals surface area (Å²) in [7, 11) is 0. The van der Waals surface area contributed by atoms with Crippen molar-refractivity contribution < 1.29 is 14.4 Å². The lowest BCUT2D eigenvalue weighted by molar-refractivity contribution is -0.130. The Balaban J connectivity index is 1.56. The lowest BCUT2D eigenvalue weighted by atomic mass is 10.1. The smallest absolute Gasteiger partial charge is 0.253 e. The van der Waals surface area contributed by atoms with Gasteiger partial charge in [-0.1, -0.05) is 12.1 Å². The zero-order valence-electron chi connectivity index (χ0n) is 15.8. The van der Waals surface area contributed by atoms with E-state index in [2.05, 4.69) is 16.4 Å². The molecule has 0 unspecified atom stereocenters. The predicted molar refractivity (Wildman–Crippen MR) is 104 cm³/mol. The number of carbonyl (C=O) groups is 3. The maximum Gasteiger partial charge on any atom is 0.253 e. The highest BCUT2D eigenvalue weighted by atomic mass is 16.2. The summed E-state index contributed by atoms with van der Waals surface area (Å²) in [5, 5.41) is 4.06. The number of pyridine rings is 1. The minimum atomic E-state index is -0.589. The second-order valence-corrected chi connectivity index (χ2v) is 6.82. The van der Waals surface area contributed by atoms with Crippen LogP contribution in [0.5, 0.6) is 0 Å². The van der Waals surface area contributed by atoms with Gasteiger partial charge in [0.05, 0.1) is 11.3 Å². The van der Waals surface area contributed by atoms with E-state index in [1.807, 2.05) is 12.1 Å². The van der Waals surface area contributed by atoms with Gasteiger partial charge >= 0.3 is 0 Å². The van der Waals surface area contributed by atoms with Crippen molar-refractivity contribution in [3.05, 3.63) is 53.9 Å². The molecule has 3 amide bonds. The zero-order chi connectivity index (χ0) is 20.5. The van der Waals surface area contributed by atoms with E-state index in [4.69, 9.17) is 5.73 Å². The normalized spacial score (nSPS) is 14.2. The average Bonchev–Trinajstić information content (AvgIpc) is 3.22. The molecule has 0 aliphatic carbocycles. The summed E-state index contributed by atoms with van der Waals surface area (Å²) in [4.78, 5) is 43.2. The standard InChI is InChI=1S/C20H19N6O3/c1-13(27)24-8-10-25(11-9-24)20(29)15-4-2-14(3-5-15)17-7-6-16(18(21)28)19-22-12-23-26(17)19/h2-7H,8-11H2,1H3,(H2,21,28). The van der Waals surface area contributed by atoms with Crippen LogP contribution in [0.4, 0.5) is 0 Å². The van der Waals surface area contributed by atoms with E-state index < -0.39 is 5.91 Å². The Kier molecular flexibility index (Phi) is 4.71. The van der Waals surface area contributed by atoms with Crippen LogP contribution in [0.15, 0.2) is 36.4 Å². The van der Waals surface area contributed by atoms with Crippen molar-refractivity contribution in [3.63, 3.8) is 0 Å². The Hall–Kier alpha value is -3.75. The summed E-state index contributed by atoms with van der Waals surface area (Å²) in [5.41, 5.74) is 8.05. The minimum Gasteiger partial charge on any atom is -0.365 e. The summed E-state index contributed by atoms with van der Waals surface area (Å²) in [6, 6.07) is 10.5. The number of benzene rings is 1. The van der Waals surface area contributed by atoms with Crippen molar-refractivity contribution in [2.75, 3.05) is 26.2 Å². The summed E-state index contributed by atoms with van der Waals surface area (Å²) in [5.74, 6) is -0.627. The van der Waals surface area contributed by atoms with Crippen LogP contribution in [-0.4, -0.2) is 68.3 Å². The number of hydrogen-bond acceptors (Lipinski definition) is 5. The maximum absolute atomic E-state index is 12.8. The van der Waals surface area contributed by atoms with Crippen molar-refractivity contribution in [1.82, 2.24) is 24.4 Å². The number of carbonyl (C=O) groups excluding carboxylic acids is 3. The van der Waals surface area contributed by atoms with E-state index in [9.17, 15) is 14.4 Å². The molecule has 9 heteroatoms. The Bertz CT molecular complexity index is 1100. The molecule has 3 aromatic rings. The van der Waals surface area contributed by atoms with Crippen LogP contribution >= 0.6 is 0 Å². The molecule has 147 valence electrons. The van der Waals surface area contributed by atoms with E-state index >= 15 is 0 Å². The number of rotatable bonds is 3. The first-order valence-electron chi connectivity index (χ1n) is 9.16. The quantitative estimate of drug-likeness (QED) is 0.702. The number of amides is 3. The first-order valence-corrected chi connectivity index (χ1v) is 9.16. The van der Waals surface area contributed by atoms with Gasteiger partial charge in [0.15, 0.2) is 5.65 Å². The number of nitrogens with two attached hydrogens (primary N) is 1. The van der Waals surface area contributed by atoms with Crippen LogP contribution in [0.3, 0.4) is 0 Å². The van der Waals surface area contributed by atoms with Gasteiger partial charge in [-0.05, 0) is 24.3 Å². The third-order valence-corrected chi connectivity index (χ3v) is 5.08. The molecule has 4 rings (SSSR count). The van der Waals surface area contributed by atoms with Gasteiger partial charge < -0.3 is 15.5 Å². The molecule has 2 N–H and O–H groups in total. The Morgan fingerprint density at radius 2 is 1.62 bits per heavy atom. The third-order valence-electron chi connectivity index (χ3n) is 5.08. The monoisotopic (exact) mass is 391 g/mol. The number of hydrogen-bond donors (Lipinski definition) is 1. The van der Waals surface area contributed by atoms with Crippen molar-refractivity contribution in [3.8, 4) is 11.3 Å². The molecule has 1 saturated heterocycles. The van der Waals surface area contributed by atoms with Crippen LogP contribution in [-0.2, 0) is 4.79 Å². The highest BCUT2D eigenvalue weighted by molar-refractivity contribution is 5.99. The van der Waals surface area contributed by atoms with E-state index in [0.29, 0.717) is 43.1 Å². The van der Waals surface area contributed by atoms with Gasteiger partial charge in [-0.2, -0.15) is 0 Å². The lowest BCUT2D eigenvalue weighted by Crippen LogP contribution is -2.50. The highest BCUT2D eigenvalue weighted by Crippen LogP contribution is 2.23. The molecule has 1 aromatic carbocycles. The van der Waals surface area contributed by atoms with Crippen LogP contribution in [0, 0.1) is 6.33 Å². The summed E-state index contributed by atoms with van der Waals surface area (Å²) in [6.07, 6.45) is 2.49. The van der Waals surface area contributed by atoms with Gasteiger partial charge in [0.2, 0.25) is 12.2 Å². The Labute approximate surface area is 166 Å². The molecule has 29 heavy (non-hydrogen) atoms. The van der Waals surface area contributed by atoms with Crippen LogP contribution in [0.1, 0.15) is 27.6 Å². The second-order valence-electron chi connectivity index (χ2n) is 6.82. The van der Waals surface area contributed by atoms with Crippen molar-refractivity contribution in [2.45, 2.75) is 6.92 Å². The van der Waals surface area contributed by atoms with Gasteiger partial charge in [0.1, 0.15) is 0 Å². The van der Waals surface area contributed by atoms with Gasteiger partial charge in [-0.15, -0.1) is 5.10 Å². The molecular weight excluding hydrogens is 372 g/mol. The van der Waals surface area contributed by atoms with Gasteiger partial charge in [-0.3, -0.25) is 14.4 Å². The molecule has 3 heterocycles. The Morgan fingerprint density at radius 3 is 2.24 bits per heavy atom. The van der Waals surface area contributed by atoms with Gasteiger partial charge in [0, 0.05) is 44.2 Å². The second kappa shape index (κ2) is 7.34. The molecule has 0 bridgehead atoms. The highest BCUT2D eigenvalue weighted by Gasteiger charge is 2.23. The first kappa shape index (κ1) is 18.6. The van der Waals surface area contributed by atoms with E-state index in [1.165, 1.54) is 11.4 Å². The number of fused-ring (bicyclic) bond motifs is 1. The maximum atomic E-state index is 12.8. The topological polar surface area (TPSA) is 114 Å². The van der Waals surface area contributed by atoms with E-state index in [1.54, 1.807) is 34.1 Å². The Morgan fingerprint density at radius 1 is 0.966 bits per heavy atom. The van der Waals surface area contributed by atoms with E-state index in [-0.39, 0.29) is 17.4 Å². The molecule has 0 atom stereocenters. The van der Waals surface area contributed by atoms with Crippen LogP contribution < -0.4 is 5.73 Å². The summed E-state index contributed by atoms with van der Waals surface area (Å²) < 4.78 is 1.50. The molecule has 0 spiro atoms. The fourth-order valence-corrected chi connectivity index (χ4v) is 3.46. The molecule has 2 aromatic heterocycles. The molecule has 9 nitrogen and oxygen atoms in total. The lowest BCUT2D eigenvalue weighted by Gasteiger charge is -2.34. The van der Waals surface area contributed by atoms with Crippen molar-refractivity contribution in [1.29, 1.82) is 0 Å². The van der Waals surface area contributed by atoms with Crippen molar-refractivity contribution in [2.24, 2.45) is 5.73 Å². The number of primary amides is 1. The summed E-state index contributed by atoms with van der Waals surface area (Å²) in [6.45, 7) is 3.67. The first-order chi connectivity index (χ1) is 14.0. The summed E-state index contributed by atoms with van der Waals surface area (Å²) >= 11 is 0. The molecule has 1 aliphatic heterocycles. The molecule has 1 fully saturated rings. The predicted octanol–water partition coefficient (Wildman–Crippen LogP) is 0.600. The number of nitrogens with zero attached hydrogens (tertiary/aromatic N) is 5. The van der Waals surface area contributed by atoms with Crippen LogP contribution in [0.2, 0.25) is 0 Å². The number of piperazine rings is 1. The third kappa shape index (κ3) is 3.42. The molecular formula is C20H19N6O3. The van der Waals surface area contributed by atoms with Crippen molar-refractivity contribution >= 4 is 23.4 Å². The fraction of sp³-hybridized carbons (Fsp3) is 0.250. The average molecular weight is 391 g/mol. The molecule has 1 aliphatic rings. The molecule has 1 radical (unpaired) electrons. The van der Waals surface area contributed by atoms with E-state index in [0.717, 1.165) is 5.56 Å². The minimum absolute atomic E-state index is 0.0282. The zero-order valence-corrected chi connectivity index (χ0v) is 15.8. The molecule has 0 saturated carbocycles. The fourth-order valence-electron chi connectivity index (χ4n) is 3.46. The van der Waals surface area contributed by atoms with Gasteiger partial charge in [0.25, 0.3) is 11.8 Å². The number of aromatic nitrogens is 3. The largest absolute Gasteiger partial charge is 0.365 e.